The summed E-state index contributed by atoms with van der Waals surface area (Å²) in [6.07, 6.45) is 13.8. The van der Waals surface area contributed by atoms with Crippen LogP contribution in [0.5, 0.6) is 0 Å². The number of rotatable bonds is 20. The highest BCUT2D eigenvalue weighted by atomic mass is 127. The van der Waals surface area contributed by atoms with Gasteiger partial charge in [-0.1, -0.05) is 118 Å². The third kappa shape index (κ3) is 29.3. The van der Waals surface area contributed by atoms with E-state index in [4.69, 9.17) is 18.9 Å². The molecule has 0 saturated carbocycles. The number of halogens is 2. The van der Waals surface area contributed by atoms with E-state index in [1.165, 1.54) is 13.8 Å². The molecule has 80 heavy (non-hydrogen) atoms. The first-order valence-electron chi connectivity index (χ1n) is 28.5. The Bertz CT molecular complexity index is 1870. The lowest BCUT2D eigenvalue weighted by Gasteiger charge is -2.32. The number of aliphatic hydroxyl groups excluding tert-OH is 6. The van der Waals surface area contributed by atoms with E-state index in [0.717, 1.165) is 17.6 Å². The molecule has 16 nitrogen and oxygen atoms in total. The highest BCUT2D eigenvalue weighted by molar-refractivity contribution is 14.0. The average Bonchev–Trinajstić information content (AvgIpc) is 3.35. The molecule has 8 N–H and O–H groups in total. The van der Waals surface area contributed by atoms with Gasteiger partial charge in [-0.15, -0.1) is 48.0 Å². The summed E-state index contributed by atoms with van der Waals surface area (Å²) < 4.78 is 22.3. The maximum atomic E-state index is 12.6. The van der Waals surface area contributed by atoms with Crippen LogP contribution in [0.4, 0.5) is 0 Å². The number of ether oxygens (including phenoxy) is 4. The summed E-state index contributed by atoms with van der Waals surface area (Å²) in [4.78, 5) is 48.5. The Hall–Kier alpha value is -2.54. The van der Waals surface area contributed by atoms with Gasteiger partial charge in [-0.2, -0.15) is 0 Å². The number of esters is 4. The molecule has 2 heterocycles. The standard InChI is InChI=1S/2C31H52O8.2HI/c1-9-26(34)22(5)23(6)27(35)17-19(2)11-10-12-20(3)30-21(4)13-14-28(38-24(7)32)31(8,37)16-15-25(33)18-29(36)39-30;1-9-26(34)23(6)29(36)22(5)17-19(2)11-10-12-20(3)30-21(4)13-14-27(38-24(7)32)31(8,37)16-15-25(33)18-28(35)39-30;;/h10-14,19,21-23,25-28,30,33-35,37H,9,15-18H2,1-8H3;10-14,19,21-23,25-27,29-30,33-34,36-37H,9,15-18H2,1-8H3;2*1H/b2*11-10+,14-13+,20-12+;;. The Kier molecular flexibility index (Phi) is 38.9. The van der Waals surface area contributed by atoms with Gasteiger partial charge in [0.15, 0.2) is 0 Å². The van der Waals surface area contributed by atoms with Crippen LogP contribution in [0.2, 0.25) is 0 Å². The maximum absolute atomic E-state index is 12.6. The second-order valence-electron chi connectivity index (χ2n) is 23.5. The molecular weight excluding hydrogens is 1250 g/mol. The normalized spacial score (nSPS) is 31.4. The lowest BCUT2D eigenvalue weighted by atomic mass is 9.82. The van der Waals surface area contributed by atoms with E-state index in [2.05, 4.69) is 6.92 Å². The van der Waals surface area contributed by atoms with Crippen LogP contribution in [0, 0.1) is 47.3 Å². The van der Waals surface area contributed by atoms with E-state index in [1.54, 1.807) is 38.2 Å². The predicted molar refractivity (Wildman–Crippen MR) is 334 cm³/mol. The van der Waals surface area contributed by atoms with Crippen molar-refractivity contribution in [1.29, 1.82) is 0 Å². The summed E-state index contributed by atoms with van der Waals surface area (Å²) in [5.41, 5.74) is -1.26. The van der Waals surface area contributed by atoms with Crippen LogP contribution in [0.15, 0.2) is 71.9 Å². The van der Waals surface area contributed by atoms with Crippen LogP contribution in [-0.4, -0.2) is 137 Å². The molecule has 2 aliphatic rings. The quantitative estimate of drug-likeness (QED) is 0.0185. The van der Waals surface area contributed by atoms with Crippen LogP contribution in [0.25, 0.3) is 0 Å². The van der Waals surface area contributed by atoms with Crippen molar-refractivity contribution in [3.63, 3.8) is 0 Å². The van der Waals surface area contributed by atoms with Gasteiger partial charge in [0.05, 0.1) is 49.5 Å². The molecule has 18 heteroatoms. The first-order chi connectivity index (χ1) is 36.2. The summed E-state index contributed by atoms with van der Waals surface area (Å²) in [7, 11) is 0. The van der Waals surface area contributed by atoms with E-state index in [0.29, 0.717) is 19.3 Å². The predicted octanol–water partition coefficient (Wildman–Crippen LogP) is 9.74. The minimum Gasteiger partial charge on any atom is -0.457 e. The summed E-state index contributed by atoms with van der Waals surface area (Å²) in [5.74, 6) is -2.71. The first-order valence-corrected chi connectivity index (χ1v) is 28.5. The number of hydrogen-bond donors (Lipinski definition) is 8. The lowest BCUT2D eigenvalue weighted by molar-refractivity contribution is -0.158. The fourth-order valence-electron chi connectivity index (χ4n) is 9.91. The van der Waals surface area contributed by atoms with Crippen molar-refractivity contribution in [1.82, 2.24) is 0 Å². The number of allylic oxidation sites excluding steroid dienone is 6. The largest absolute Gasteiger partial charge is 0.457 e. The van der Waals surface area contributed by atoms with Gasteiger partial charge in [-0.3, -0.25) is 19.2 Å². The number of carbonyl (C=O) groups is 4. The van der Waals surface area contributed by atoms with Crippen LogP contribution in [-0.2, 0) is 38.1 Å². The van der Waals surface area contributed by atoms with Crippen molar-refractivity contribution >= 4 is 71.8 Å². The molecule has 0 aliphatic carbocycles. The van der Waals surface area contributed by atoms with E-state index >= 15 is 0 Å². The van der Waals surface area contributed by atoms with Crippen molar-refractivity contribution in [3.8, 4) is 0 Å². The van der Waals surface area contributed by atoms with Crippen LogP contribution < -0.4 is 0 Å². The minimum atomic E-state index is -1.42. The molecule has 2 rings (SSSR count). The van der Waals surface area contributed by atoms with Gasteiger partial charge in [-0.05, 0) is 132 Å². The Morgan fingerprint density at radius 2 is 0.963 bits per heavy atom. The lowest BCUT2D eigenvalue weighted by Crippen LogP contribution is -2.42. The zero-order chi connectivity index (χ0) is 59.8. The zero-order valence-corrected chi connectivity index (χ0v) is 55.6. The van der Waals surface area contributed by atoms with Gasteiger partial charge in [0, 0.05) is 31.6 Å². The van der Waals surface area contributed by atoms with Crippen LogP contribution in [0.3, 0.4) is 0 Å². The van der Waals surface area contributed by atoms with E-state index < -0.39 is 96.1 Å². The average molecular weight is 1360 g/mol. The van der Waals surface area contributed by atoms with Crippen molar-refractivity contribution in [2.45, 2.75) is 247 Å². The number of carbonyl (C=O) groups excluding carboxylic acids is 4. The first kappa shape index (κ1) is 79.5. The van der Waals surface area contributed by atoms with Crippen molar-refractivity contribution < 1.29 is 79.0 Å². The molecule has 0 aromatic heterocycles. The van der Waals surface area contributed by atoms with Crippen LogP contribution in [0.1, 0.15) is 175 Å². The summed E-state index contributed by atoms with van der Waals surface area (Å²) in [6.45, 7) is 28.8. The van der Waals surface area contributed by atoms with Crippen molar-refractivity contribution in [3.05, 3.63) is 71.9 Å². The third-order valence-electron chi connectivity index (χ3n) is 15.7. The second-order valence-corrected chi connectivity index (χ2v) is 23.5. The Balaban J connectivity index is 0. The molecule has 0 radical (unpaired) electrons. The highest BCUT2D eigenvalue weighted by Crippen LogP contribution is 2.31. The molecular formula is C62H106I2O16. The molecule has 0 aromatic carbocycles. The zero-order valence-electron chi connectivity index (χ0n) is 50.9. The topological polar surface area (TPSA) is 267 Å². The molecule has 0 aromatic rings. The van der Waals surface area contributed by atoms with Gasteiger partial charge in [0.25, 0.3) is 0 Å². The molecule has 20 atom stereocenters. The van der Waals surface area contributed by atoms with Gasteiger partial charge in [-0.25, -0.2) is 0 Å². The highest BCUT2D eigenvalue weighted by Gasteiger charge is 2.37. The van der Waals surface area contributed by atoms with Gasteiger partial charge >= 0.3 is 23.9 Å². The summed E-state index contributed by atoms with van der Waals surface area (Å²) in [5, 5.41) is 84.0. The Morgan fingerprint density at radius 1 is 0.613 bits per heavy atom. The van der Waals surface area contributed by atoms with Gasteiger partial charge in [0.1, 0.15) is 35.6 Å². The SMILES string of the molecule is CCC(O)C(C)C(C)C(O)CC(C)/C=C/C=C(\C)C1OC(=O)CC(O)CCC(C)(O)C(OC(C)=O)/C=C/C1C.CCC(O)C(C)C(O)C(C)CC(C)/C=C/C=C(\C)C1OC(=O)CC(O)CCC(C)(O)C(OC(C)=O)/C=C/C1C.I.I. The summed E-state index contributed by atoms with van der Waals surface area (Å²) in [6, 6.07) is 0. The van der Waals surface area contributed by atoms with E-state index in [9.17, 15) is 60.0 Å². The summed E-state index contributed by atoms with van der Waals surface area (Å²) >= 11 is 0. The molecule has 0 amide bonds. The molecule has 20 unspecified atom stereocenters. The smallest absolute Gasteiger partial charge is 0.309 e. The van der Waals surface area contributed by atoms with E-state index in [-0.39, 0.29) is 134 Å². The maximum Gasteiger partial charge on any atom is 0.309 e. The van der Waals surface area contributed by atoms with E-state index in [1.807, 2.05) is 113 Å². The number of hydrogen-bond acceptors (Lipinski definition) is 16. The molecule has 0 bridgehead atoms. The number of cyclic esters (lactones) is 2. The monoisotopic (exact) mass is 1360 g/mol. The molecule has 0 spiro atoms. The van der Waals surface area contributed by atoms with Crippen molar-refractivity contribution in [2.75, 3.05) is 0 Å². The minimum absolute atomic E-state index is 0. The van der Waals surface area contributed by atoms with Gasteiger partial charge in [0.2, 0.25) is 0 Å². The molecule has 464 valence electrons. The number of aliphatic hydroxyl groups is 8. The Morgan fingerprint density at radius 3 is 1.32 bits per heavy atom. The molecule has 0 saturated heterocycles. The fraction of sp³-hybridized carbons (Fsp3) is 0.742. The third-order valence-corrected chi connectivity index (χ3v) is 15.7. The second kappa shape index (κ2) is 39.1. The Labute approximate surface area is 514 Å². The van der Waals surface area contributed by atoms with Crippen molar-refractivity contribution in [2.24, 2.45) is 47.3 Å². The molecule has 2 aliphatic heterocycles. The fourth-order valence-corrected chi connectivity index (χ4v) is 9.91. The van der Waals surface area contributed by atoms with Gasteiger partial charge < -0.3 is 59.8 Å². The molecule has 0 fully saturated rings. The van der Waals surface area contributed by atoms with Crippen LogP contribution >= 0.6 is 48.0 Å².